The molecule has 0 heterocycles. The smallest absolute Gasteiger partial charge is 0.241 e. The average molecular weight is 231 g/mol. The molecule has 0 radical (unpaired) electrons. The molecule has 0 saturated heterocycles. The van der Waals surface area contributed by atoms with Crippen molar-refractivity contribution in [3.8, 4) is 5.75 Å². The lowest BCUT2D eigenvalue weighted by Gasteiger charge is -2.13. The Bertz CT molecular complexity index is 420. The molecule has 2 rings (SSSR count). The van der Waals surface area contributed by atoms with Crippen molar-refractivity contribution in [3.63, 3.8) is 0 Å². The Kier molecular flexibility index (Phi) is 3.81. The summed E-state index contributed by atoms with van der Waals surface area (Å²) in [5, 5.41) is 0. The van der Waals surface area contributed by atoms with Gasteiger partial charge >= 0.3 is 0 Å². The first-order chi connectivity index (χ1) is 8.24. The Hall–Kier alpha value is -1.77. The minimum absolute atomic E-state index is 0.352. The Morgan fingerprint density at radius 3 is 2.82 bits per heavy atom. The largest absolute Gasteiger partial charge is 0.490 e. The minimum atomic E-state index is -0.438. The van der Waals surface area contributed by atoms with Crippen molar-refractivity contribution in [2.45, 2.75) is 31.8 Å². The summed E-state index contributed by atoms with van der Waals surface area (Å²) in [6, 6.07) is 7.71. The van der Waals surface area contributed by atoms with Gasteiger partial charge in [-0.15, -0.1) is 0 Å². The maximum Gasteiger partial charge on any atom is 0.241 e. The minimum Gasteiger partial charge on any atom is -0.490 e. The van der Waals surface area contributed by atoms with Crippen LogP contribution in [0.5, 0.6) is 5.75 Å². The molecule has 0 atom stereocenters. The molecule has 0 spiro atoms. The summed E-state index contributed by atoms with van der Waals surface area (Å²) in [7, 11) is 0. The molecule has 0 bridgehead atoms. The summed E-state index contributed by atoms with van der Waals surface area (Å²) in [6.45, 7) is 0. The fraction of sp³-hybridized carbons (Fsp3) is 0.357. The zero-order valence-electron chi connectivity index (χ0n) is 9.76. The molecule has 1 aliphatic carbocycles. The second-order valence-corrected chi connectivity index (χ2v) is 4.33. The Labute approximate surface area is 101 Å². The van der Waals surface area contributed by atoms with Crippen LogP contribution in [0.25, 0.3) is 6.08 Å². The fourth-order valence-electron chi connectivity index (χ4n) is 2.07. The highest BCUT2D eigenvalue weighted by atomic mass is 16.5. The summed E-state index contributed by atoms with van der Waals surface area (Å²) in [5.74, 6) is 0.427. The van der Waals surface area contributed by atoms with Crippen LogP contribution in [0.15, 0.2) is 30.3 Å². The van der Waals surface area contributed by atoms with Gasteiger partial charge in [-0.2, -0.15) is 0 Å². The van der Waals surface area contributed by atoms with E-state index < -0.39 is 5.91 Å². The monoisotopic (exact) mass is 231 g/mol. The lowest BCUT2D eigenvalue weighted by atomic mass is 10.2. The van der Waals surface area contributed by atoms with Crippen molar-refractivity contribution in [2.75, 3.05) is 0 Å². The first kappa shape index (κ1) is 11.7. The highest BCUT2D eigenvalue weighted by Crippen LogP contribution is 2.24. The van der Waals surface area contributed by atoms with E-state index in [0.717, 1.165) is 24.2 Å². The predicted octanol–water partition coefficient (Wildman–Crippen LogP) is 2.51. The van der Waals surface area contributed by atoms with Gasteiger partial charge in [0.15, 0.2) is 0 Å². The van der Waals surface area contributed by atoms with Gasteiger partial charge in [0.2, 0.25) is 5.91 Å². The average Bonchev–Trinajstić information content (AvgIpc) is 2.80. The second kappa shape index (κ2) is 5.53. The first-order valence-electron chi connectivity index (χ1n) is 5.98. The standard InChI is InChI=1S/C14H17NO2/c15-14(16)9-8-11-4-3-7-13(10-11)17-12-5-1-2-6-12/h3-4,7-10,12H,1-2,5-6H2,(H2,15,16)/b9-8-. The molecule has 0 aromatic heterocycles. The lowest BCUT2D eigenvalue weighted by molar-refractivity contribution is -0.113. The van der Waals surface area contributed by atoms with Gasteiger partial charge in [-0.3, -0.25) is 4.79 Å². The van der Waals surface area contributed by atoms with E-state index in [2.05, 4.69) is 0 Å². The number of carbonyl (C=O) groups excluding carboxylic acids is 1. The van der Waals surface area contributed by atoms with Crippen molar-refractivity contribution >= 4 is 12.0 Å². The van der Waals surface area contributed by atoms with E-state index >= 15 is 0 Å². The van der Waals surface area contributed by atoms with Crippen molar-refractivity contribution in [2.24, 2.45) is 5.73 Å². The molecule has 1 saturated carbocycles. The number of hydrogen-bond donors (Lipinski definition) is 1. The second-order valence-electron chi connectivity index (χ2n) is 4.33. The van der Waals surface area contributed by atoms with E-state index in [0.29, 0.717) is 6.10 Å². The number of benzene rings is 1. The highest BCUT2D eigenvalue weighted by molar-refractivity contribution is 5.90. The SMILES string of the molecule is NC(=O)/C=C\c1cccc(OC2CCCC2)c1. The number of primary amides is 1. The Morgan fingerprint density at radius 2 is 2.12 bits per heavy atom. The van der Waals surface area contributed by atoms with Crippen LogP contribution in [0.4, 0.5) is 0 Å². The number of carbonyl (C=O) groups is 1. The molecule has 0 unspecified atom stereocenters. The summed E-state index contributed by atoms with van der Waals surface area (Å²) in [6.07, 6.45) is 8.20. The van der Waals surface area contributed by atoms with E-state index in [1.165, 1.54) is 18.9 Å². The van der Waals surface area contributed by atoms with Crippen molar-refractivity contribution in [3.05, 3.63) is 35.9 Å². The maximum atomic E-state index is 10.6. The van der Waals surface area contributed by atoms with Crippen LogP contribution in [0.1, 0.15) is 31.2 Å². The van der Waals surface area contributed by atoms with Gasteiger partial charge in [0.1, 0.15) is 5.75 Å². The molecule has 1 fully saturated rings. The summed E-state index contributed by atoms with van der Waals surface area (Å²) in [5.41, 5.74) is 5.98. The number of ether oxygens (including phenoxy) is 1. The third-order valence-electron chi connectivity index (χ3n) is 2.90. The number of amides is 1. The summed E-state index contributed by atoms with van der Waals surface area (Å²) >= 11 is 0. The molecule has 3 heteroatoms. The van der Waals surface area contributed by atoms with E-state index in [4.69, 9.17) is 10.5 Å². The third kappa shape index (κ3) is 3.63. The molecular formula is C14H17NO2. The van der Waals surface area contributed by atoms with Gasteiger partial charge in [-0.25, -0.2) is 0 Å². The number of rotatable bonds is 4. The van der Waals surface area contributed by atoms with Gasteiger partial charge in [-0.05, 0) is 49.5 Å². The van der Waals surface area contributed by atoms with Gasteiger partial charge in [-0.1, -0.05) is 12.1 Å². The molecule has 0 aliphatic heterocycles. The lowest BCUT2D eigenvalue weighted by Crippen LogP contribution is -2.10. The van der Waals surface area contributed by atoms with Gasteiger partial charge < -0.3 is 10.5 Å². The van der Waals surface area contributed by atoms with Crippen LogP contribution >= 0.6 is 0 Å². The molecule has 1 amide bonds. The van der Waals surface area contributed by atoms with Gasteiger partial charge in [0.05, 0.1) is 6.10 Å². The molecule has 2 N–H and O–H groups in total. The quantitative estimate of drug-likeness (QED) is 0.809. The molecule has 17 heavy (non-hydrogen) atoms. The van der Waals surface area contributed by atoms with E-state index in [1.54, 1.807) is 6.08 Å². The van der Waals surface area contributed by atoms with Crippen LogP contribution in [0.2, 0.25) is 0 Å². The summed E-state index contributed by atoms with van der Waals surface area (Å²) < 4.78 is 5.87. The molecule has 1 aromatic carbocycles. The van der Waals surface area contributed by atoms with Crippen LogP contribution < -0.4 is 10.5 Å². The van der Waals surface area contributed by atoms with Crippen LogP contribution in [-0.2, 0) is 4.79 Å². The predicted molar refractivity (Wildman–Crippen MR) is 67.6 cm³/mol. The summed E-state index contributed by atoms with van der Waals surface area (Å²) in [4.78, 5) is 10.6. The molecule has 3 nitrogen and oxygen atoms in total. The normalized spacial score (nSPS) is 16.5. The van der Waals surface area contributed by atoms with Crippen LogP contribution in [-0.4, -0.2) is 12.0 Å². The molecular weight excluding hydrogens is 214 g/mol. The Balaban J connectivity index is 2.02. The first-order valence-corrected chi connectivity index (χ1v) is 5.98. The molecule has 1 aromatic rings. The zero-order valence-corrected chi connectivity index (χ0v) is 9.76. The number of nitrogens with two attached hydrogens (primary N) is 1. The highest BCUT2D eigenvalue weighted by Gasteiger charge is 2.16. The Morgan fingerprint density at radius 1 is 1.35 bits per heavy atom. The van der Waals surface area contributed by atoms with Gasteiger partial charge in [0.25, 0.3) is 0 Å². The molecule has 1 aliphatic rings. The topological polar surface area (TPSA) is 52.3 Å². The number of hydrogen-bond acceptors (Lipinski definition) is 2. The van der Waals surface area contributed by atoms with E-state index in [9.17, 15) is 4.79 Å². The van der Waals surface area contributed by atoms with Crippen molar-refractivity contribution in [1.29, 1.82) is 0 Å². The van der Waals surface area contributed by atoms with Crippen LogP contribution in [0, 0.1) is 0 Å². The molecule has 90 valence electrons. The van der Waals surface area contributed by atoms with Crippen molar-refractivity contribution < 1.29 is 9.53 Å². The maximum absolute atomic E-state index is 10.6. The van der Waals surface area contributed by atoms with Crippen LogP contribution in [0.3, 0.4) is 0 Å². The zero-order chi connectivity index (χ0) is 12.1. The third-order valence-corrected chi connectivity index (χ3v) is 2.90. The van der Waals surface area contributed by atoms with E-state index in [-0.39, 0.29) is 0 Å². The van der Waals surface area contributed by atoms with Gasteiger partial charge in [0, 0.05) is 6.08 Å². The van der Waals surface area contributed by atoms with Crippen molar-refractivity contribution in [1.82, 2.24) is 0 Å². The fourth-order valence-corrected chi connectivity index (χ4v) is 2.07. The van der Waals surface area contributed by atoms with E-state index in [1.807, 2.05) is 24.3 Å².